The van der Waals surface area contributed by atoms with Crippen LogP contribution in [0.1, 0.15) is 6.92 Å². The maximum Gasteiger partial charge on any atom is 0.282 e. The van der Waals surface area contributed by atoms with E-state index in [0.29, 0.717) is 46.0 Å². The van der Waals surface area contributed by atoms with Gasteiger partial charge in [-0.2, -0.15) is 17.0 Å². The van der Waals surface area contributed by atoms with Gasteiger partial charge >= 0.3 is 0 Å². The predicted octanol–water partition coefficient (Wildman–Crippen LogP) is -1.39. The Kier molecular flexibility index (Phi) is 4.57. The van der Waals surface area contributed by atoms with Crippen molar-refractivity contribution < 1.29 is 17.9 Å². The second-order valence-corrected chi connectivity index (χ2v) is 6.57. The molecule has 0 radical (unpaired) electrons. The minimum absolute atomic E-state index is 0.173. The second-order valence-electron chi connectivity index (χ2n) is 4.65. The van der Waals surface area contributed by atoms with Crippen LogP contribution in [0.25, 0.3) is 0 Å². The number of nitrogens with two attached hydrogens (primary N) is 1. The van der Waals surface area contributed by atoms with Crippen LogP contribution >= 0.6 is 0 Å². The van der Waals surface area contributed by atoms with Crippen LogP contribution in [0.2, 0.25) is 0 Å². The van der Waals surface area contributed by atoms with E-state index in [4.69, 9.17) is 15.2 Å². The van der Waals surface area contributed by atoms with Gasteiger partial charge < -0.3 is 15.2 Å². The second kappa shape index (κ2) is 5.81. The van der Waals surface area contributed by atoms with Crippen molar-refractivity contribution in [1.82, 2.24) is 8.61 Å². The van der Waals surface area contributed by atoms with Gasteiger partial charge in [-0.3, -0.25) is 0 Å². The first-order chi connectivity index (χ1) is 8.51. The quantitative estimate of drug-likeness (QED) is 0.687. The fourth-order valence-corrected chi connectivity index (χ4v) is 3.70. The third kappa shape index (κ3) is 3.01. The Hall–Kier alpha value is -0.250. The molecule has 106 valence electrons. The van der Waals surface area contributed by atoms with E-state index < -0.39 is 10.2 Å². The van der Waals surface area contributed by atoms with Crippen LogP contribution in [0.3, 0.4) is 0 Å². The van der Waals surface area contributed by atoms with E-state index in [1.807, 2.05) is 6.92 Å². The predicted molar refractivity (Wildman–Crippen MR) is 66.3 cm³/mol. The molecule has 0 aliphatic carbocycles. The molecule has 8 heteroatoms. The van der Waals surface area contributed by atoms with E-state index in [1.165, 1.54) is 8.61 Å². The van der Waals surface area contributed by atoms with E-state index in [0.717, 1.165) is 0 Å². The van der Waals surface area contributed by atoms with Crippen molar-refractivity contribution in [3.8, 4) is 0 Å². The Bertz CT molecular complexity index is 367. The van der Waals surface area contributed by atoms with E-state index in [9.17, 15) is 8.42 Å². The zero-order valence-electron chi connectivity index (χ0n) is 10.6. The molecule has 0 spiro atoms. The average molecular weight is 279 g/mol. The first kappa shape index (κ1) is 14.2. The monoisotopic (exact) mass is 279 g/mol. The Labute approximate surface area is 108 Å². The van der Waals surface area contributed by atoms with Crippen molar-refractivity contribution in [2.45, 2.75) is 19.1 Å². The topological polar surface area (TPSA) is 85.1 Å². The van der Waals surface area contributed by atoms with E-state index in [-0.39, 0.29) is 12.1 Å². The Morgan fingerprint density at radius 2 is 1.78 bits per heavy atom. The molecule has 2 saturated heterocycles. The Balaban J connectivity index is 2.04. The highest BCUT2D eigenvalue weighted by atomic mass is 32.2. The fourth-order valence-electron chi connectivity index (χ4n) is 2.12. The number of rotatable bonds is 3. The van der Waals surface area contributed by atoms with Gasteiger partial charge in [-0.05, 0) is 6.92 Å². The van der Waals surface area contributed by atoms with Crippen LogP contribution in [0.15, 0.2) is 0 Å². The minimum atomic E-state index is -3.40. The average Bonchev–Trinajstić information content (AvgIpc) is 2.40. The molecule has 0 aromatic rings. The Morgan fingerprint density at radius 3 is 2.39 bits per heavy atom. The van der Waals surface area contributed by atoms with Gasteiger partial charge in [-0.25, -0.2) is 0 Å². The molecular formula is C10H21N3O4S. The molecule has 2 N–H and O–H groups in total. The molecule has 0 amide bonds. The number of nitrogens with zero attached hydrogens (tertiary/aromatic N) is 2. The first-order valence-electron chi connectivity index (χ1n) is 6.22. The Morgan fingerprint density at radius 1 is 1.17 bits per heavy atom. The van der Waals surface area contributed by atoms with Crippen molar-refractivity contribution in [3.05, 3.63) is 0 Å². The van der Waals surface area contributed by atoms with Gasteiger partial charge in [0.1, 0.15) is 0 Å². The molecule has 2 aliphatic heterocycles. The van der Waals surface area contributed by atoms with Crippen molar-refractivity contribution in [3.63, 3.8) is 0 Å². The maximum atomic E-state index is 12.4. The number of hydrogen-bond donors (Lipinski definition) is 1. The molecule has 7 nitrogen and oxygen atoms in total. The smallest absolute Gasteiger partial charge is 0.282 e. The third-order valence-corrected chi connectivity index (χ3v) is 5.27. The first-order valence-corrected chi connectivity index (χ1v) is 7.61. The summed E-state index contributed by atoms with van der Waals surface area (Å²) in [5.74, 6) is 0. The minimum Gasteiger partial charge on any atom is -0.379 e. The zero-order valence-corrected chi connectivity index (χ0v) is 11.4. The molecule has 0 aromatic carbocycles. The summed E-state index contributed by atoms with van der Waals surface area (Å²) in [7, 11) is -3.40. The van der Waals surface area contributed by atoms with Gasteiger partial charge in [0.15, 0.2) is 0 Å². The molecule has 0 saturated carbocycles. The summed E-state index contributed by atoms with van der Waals surface area (Å²) in [4.78, 5) is 0. The normalized spacial score (nSPS) is 30.2. The molecule has 2 fully saturated rings. The van der Waals surface area contributed by atoms with Crippen molar-refractivity contribution in [2.75, 3.05) is 46.0 Å². The lowest BCUT2D eigenvalue weighted by Crippen LogP contribution is -2.56. The lowest BCUT2D eigenvalue weighted by atomic mass is 10.2. The van der Waals surface area contributed by atoms with Gasteiger partial charge in [-0.1, -0.05) is 0 Å². The molecule has 2 atom stereocenters. The summed E-state index contributed by atoms with van der Waals surface area (Å²) in [6, 6.07) is -0.173. The standard InChI is InChI=1S/C10H21N3O4S/c1-9(11)10-8-13(4-7-17-10)18(14,15)12-2-5-16-6-3-12/h9-10H,2-8,11H2,1H3. The largest absolute Gasteiger partial charge is 0.379 e. The van der Waals surface area contributed by atoms with Crippen LogP contribution in [-0.2, 0) is 19.7 Å². The molecule has 0 bridgehead atoms. The van der Waals surface area contributed by atoms with Crippen molar-refractivity contribution in [1.29, 1.82) is 0 Å². The molecule has 2 unspecified atom stereocenters. The van der Waals surface area contributed by atoms with E-state index >= 15 is 0 Å². The van der Waals surface area contributed by atoms with Crippen LogP contribution in [-0.4, -0.2) is 75.2 Å². The molecule has 2 heterocycles. The highest BCUT2D eigenvalue weighted by molar-refractivity contribution is 7.86. The summed E-state index contributed by atoms with van der Waals surface area (Å²) >= 11 is 0. The molecule has 2 aliphatic rings. The molecular weight excluding hydrogens is 258 g/mol. The lowest BCUT2D eigenvalue weighted by Gasteiger charge is -2.37. The van der Waals surface area contributed by atoms with Crippen LogP contribution in [0.4, 0.5) is 0 Å². The number of hydrogen-bond acceptors (Lipinski definition) is 5. The molecule has 18 heavy (non-hydrogen) atoms. The number of ether oxygens (including phenoxy) is 2. The van der Waals surface area contributed by atoms with Crippen LogP contribution in [0, 0.1) is 0 Å². The van der Waals surface area contributed by atoms with E-state index in [1.54, 1.807) is 0 Å². The zero-order chi connectivity index (χ0) is 13.2. The summed E-state index contributed by atoms with van der Waals surface area (Å²) in [6.07, 6.45) is -0.227. The summed E-state index contributed by atoms with van der Waals surface area (Å²) in [5, 5.41) is 0. The SMILES string of the molecule is CC(N)C1CN(S(=O)(=O)N2CCOCC2)CCO1. The maximum absolute atomic E-state index is 12.4. The highest BCUT2D eigenvalue weighted by Gasteiger charge is 2.35. The molecule has 2 rings (SSSR count). The van der Waals surface area contributed by atoms with Gasteiger partial charge in [0, 0.05) is 32.2 Å². The van der Waals surface area contributed by atoms with Crippen molar-refractivity contribution >= 4 is 10.2 Å². The third-order valence-electron chi connectivity index (χ3n) is 3.27. The van der Waals surface area contributed by atoms with E-state index in [2.05, 4.69) is 0 Å². The fraction of sp³-hybridized carbons (Fsp3) is 1.00. The lowest BCUT2D eigenvalue weighted by molar-refractivity contribution is -0.0151. The van der Waals surface area contributed by atoms with Gasteiger partial charge in [0.05, 0.1) is 25.9 Å². The molecule has 0 aromatic heterocycles. The highest BCUT2D eigenvalue weighted by Crippen LogP contribution is 2.16. The number of morpholine rings is 2. The van der Waals surface area contributed by atoms with Crippen LogP contribution < -0.4 is 5.73 Å². The summed E-state index contributed by atoms with van der Waals surface area (Å²) in [5.41, 5.74) is 5.77. The summed E-state index contributed by atoms with van der Waals surface area (Å²) < 4.78 is 38.4. The summed E-state index contributed by atoms with van der Waals surface area (Å²) in [6.45, 7) is 4.71. The van der Waals surface area contributed by atoms with Gasteiger partial charge in [0.2, 0.25) is 0 Å². The van der Waals surface area contributed by atoms with Crippen molar-refractivity contribution in [2.24, 2.45) is 5.73 Å². The van der Waals surface area contributed by atoms with Gasteiger partial charge in [0.25, 0.3) is 10.2 Å². The van der Waals surface area contributed by atoms with Gasteiger partial charge in [-0.15, -0.1) is 0 Å². The van der Waals surface area contributed by atoms with Crippen LogP contribution in [0.5, 0.6) is 0 Å².